The van der Waals surface area contributed by atoms with E-state index >= 15 is 0 Å². The highest BCUT2D eigenvalue weighted by Crippen LogP contribution is 2.26. The zero-order valence-electron chi connectivity index (χ0n) is 9.81. The average molecular weight is 257 g/mol. The third-order valence-corrected chi connectivity index (χ3v) is 2.73. The van der Waals surface area contributed by atoms with E-state index in [1.54, 1.807) is 6.07 Å². The van der Waals surface area contributed by atoms with Gasteiger partial charge in [-0.25, -0.2) is 8.78 Å². The van der Waals surface area contributed by atoms with Gasteiger partial charge in [-0.1, -0.05) is 35.5 Å². The number of nitrogens with zero attached hydrogens (tertiary/aromatic N) is 1. The highest BCUT2D eigenvalue weighted by Gasteiger charge is 2.10. The van der Waals surface area contributed by atoms with E-state index in [0.29, 0.717) is 17.0 Å². The van der Waals surface area contributed by atoms with Gasteiger partial charge >= 0.3 is 0 Å². The Morgan fingerprint density at radius 3 is 2.16 bits per heavy atom. The average Bonchev–Trinajstić information content (AvgIpc) is 2.88. The van der Waals surface area contributed by atoms with Crippen molar-refractivity contribution in [3.8, 4) is 22.6 Å². The molecule has 0 aliphatic carbocycles. The Morgan fingerprint density at radius 2 is 1.47 bits per heavy atom. The SMILES string of the molecule is Fc1cc(F)cc(-c2cc(-c3ccccc3)on2)c1. The van der Waals surface area contributed by atoms with Crippen LogP contribution >= 0.6 is 0 Å². The van der Waals surface area contributed by atoms with Crippen LogP contribution in [-0.2, 0) is 0 Å². The van der Waals surface area contributed by atoms with Gasteiger partial charge in [0.15, 0.2) is 5.76 Å². The van der Waals surface area contributed by atoms with Crippen LogP contribution in [0.2, 0.25) is 0 Å². The lowest BCUT2D eigenvalue weighted by Gasteiger charge is -1.96. The summed E-state index contributed by atoms with van der Waals surface area (Å²) in [6.45, 7) is 0. The number of rotatable bonds is 2. The summed E-state index contributed by atoms with van der Waals surface area (Å²) in [6, 6.07) is 14.3. The monoisotopic (exact) mass is 257 g/mol. The van der Waals surface area contributed by atoms with E-state index in [1.165, 1.54) is 12.1 Å². The summed E-state index contributed by atoms with van der Waals surface area (Å²) in [5.74, 6) is -0.723. The predicted molar refractivity (Wildman–Crippen MR) is 67.3 cm³/mol. The highest BCUT2D eigenvalue weighted by atomic mass is 19.1. The van der Waals surface area contributed by atoms with E-state index < -0.39 is 11.6 Å². The van der Waals surface area contributed by atoms with Gasteiger partial charge in [0.25, 0.3) is 0 Å². The molecule has 94 valence electrons. The molecule has 0 spiro atoms. The zero-order chi connectivity index (χ0) is 13.2. The summed E-state index contributed by atoms with van der Waals surface area (Å²) in [5.41, 5.74) is 1.61. The minimum absolute atomic E-state index is 0.350. The normalized spacial score (nSPS) is 10.6. The van der Waals surface area contributed by atoms with E-state index in [1.807, 2.05) is 30.3 Å². The Labute approximate surface area is 108 Å². The zero-order valence-corrected chi connectivity index (χ0v) is 9.81. The first-order valence-corrected chi connectivity index (χ1v) is 5.71. The predicted octanol–water partition coefficient (Wildman–Crippen LogP) is 4.29. The Balaban J connectivity index is 2.02. The Kier molecular flexibility index (Phi) is 2.83. The van der Waals surface area contributed by atoms with Crippen LogP contribution < -0.4 is 0 Å². The van der Waals surface area contributed by atoms with E-state index in [4.69, 9.17) is 4.52 Å². The van der Waals surface area contributed by atoms with Gasteiger partial charge in [0.1, 0.15) is 17.3 Å². The van der Waals surface area contributed by atoms with Crippen LogP contribution in [0.3, 0.4) is 0 Å². The molecular weight excluding hydrogens is 248 g/mol. The van der Waals surface area contributed by atoms with Crippen molar-refractivity contribution in [3.63, 3.8) is 0 Å². The van der Waals surface area contributed by atoms with Gasteiger partial charge in [0.05, 0.1) is 0 Å². The van der Waals surface area contributed by atoms with Crippen molar-refractivity contribution in [2.24, 2.45) is 0 Å². The summed E-state index contributed by atoms with van der Waals surface area (Å²) in [5, 5.41) is 3.84. The van der Waals surface area contributed by atoms with Crippen molar-refractivity contribution < 1.29 is 13.3 Å². The Morgan fingerprint density at radius 1 is 0.789 bits per heavy atom. The first kappa shape index (κ1) is 11.6. The molecule has 0 N–H and O–H groups in total. The van der Waals surface area contributed by atoms with Gasteiger partial charge in [-0.05, 0) is 12.1 Å². The summed E-state index contributed by atoms with van der Waals surface area (Å²) in [6.07, 6.45) is 0. The fraction of sp³-hybridized carbons (Fsp3) is 0. The molecule has 2 aromatic carbocycles. The van der Waals surface area contributed by atoms with Crippen molar-refractivity contribution in [2.45, 2.75) is 0 Å². The first-order chi connectivity index (χ1) is 9.22. The Hall–Kier alpha value is -2.49. The summed E-state index contributed by atoms with van der Waals surface area (Å²) >= 11 is 0. The molecule has 0 atom stereocenters. The van der Waals surface area contributed by atoms with Crippen molar-refractivity contribution in [3.05, 3.63) is 66.2 Å². The smallest absolute Gasteiger partial charge is 0.167 e. The summed E-state index contributed by atoms with van der Waals surface area (Å²) in [7, 11) is 0. The molecule has 0 aliphatic rings. The fourth-order valence-electron chi connectivity index (χ4n) is 1.85. The van der Waals surface area contributed by atoms with Gasteiger partial charge in [-0.15, -0.1) is 0 Å². The maximum Gasteiger partial charge on any atom is 0.167 e. The van der Waals surface area contributed by atoms with Crippen LogP contribution in [0.15, 0.2) is 59.1 Å². The molecule has 0 aliphatic heterocycles. The van der Waals surface area contributed by atoms with Gasteiger partial charge in [0.2, 0.25) is 0 Å². The van der Waals surface area contributed by atoms with E-state index in [2.05, 4.69) is 5.16 Å². The molecule has 0 saturated carbocycles. The fourth-order valence-corrected chi connectivity index (χ4v) is 1.85. The molecule has 19 heavy (non-hydrogen) atoms. The topological polar surface area (TPSA) is 26.0 Å². The molecule has 0 saturated heterocycles. The van der Waals surface area contributed by atoms with Crippen LogP contribution in [0.5, 0.6) is 0 Å². The quantitative estimate of drug-likeness (QED) is 0.684. The molecule has 0 fully saturated rings. The van der Waals surface area contributed by atoms with Crippen molar-refractivity contribution in [1.82, 2.24) is 5.16 Å². The maximum atomic E-state index is 13.1. The molecule has 1 aromatic heterocycles. The van der Waals surface area contributed by atoms with Crippen molar-refractivity contribution in [2.75, 3.05) is 0 Å². The molecule has 0 unspecified atom stereocenters. The lowest BCUT2D eigenvalue weighted by molar-refractivity contribution is 0.435. The third-order valence-electron chi connectivity index (χ3n) is 2.73. The van der Waals surface area contributed by atoms with E-state index in [0.717, 1.165) is 11.6 Å². The second-order valence-electron chi connectivity index (χ2n) is 4.10. The maximum absolute atomic E-state index is 13.1. The van der Waals surface area contributed by atoms with Gasteiger partial charge < -0.3 is 4.52 Å². The van der Waals surface area contributed by atoms with Crippen LogP contribution in [-0.4, -0.2) is 5.16 Å². The van der Waals surface area contributed by atoms with Crippen molar-refractivity contribution in [1.29, 1.82) is 0 Å². The highest BCUT2D eigenvalue weighted by molar-refractivity contribution is 5.66. The number of hydrogen-bond donors (Lipinski definition) is 0. The van der Waals surface area contributed by atoms with Gasteiger partial charge in [0, 0.05) is 23.3 Å². The third kappa shape index (κ3) is 2.38. The first-order valence-electron chi connectivity index (χ1n) is 5.71. The van der Waals surface area contributed by atoms with Gasteiger partial charge in [-0.2, -0.15) is 0 Å². The second-order valence-corrected chi connectivity index (χ2v) is 4.10. The molecular formula is C15H9F2NO. The lowest BCUT2D eigenvalue weighted by Crippen LogP contribution is -1.83. The minimum Gasteiger partial charge on any atom is -0.356 e. The summed E-state index contributed by atoms with van der Waals surface area (Å²) in [4.78, 5) is 0. The lowest BCUT2D eigenvalue weighted by atomic mass is 10.1. The standard InChI is InChI=1S/C15H9F2NO/c16-12-6-11(7-13(17)8-12)14-9-15(19-18-14)10-4-2-1-3-5-10/h1-9H. The number of halogens is 2. The van der Waals surface area contributed by atoms with Crippen LogP contribution in [0.1, 0.15) is 0 Å². The number of benzene rings is 2. The molecule has 4 heteroatoms. The van der Waals surface area contributed by atoms with Crippen LogP contribution in [0, 0.1) is 11.6 Å². The van der Waals surface area contributed by atoms with E-state index in [9.17, 15) is 8.78 Å². The summed E-state index contributed by atoms with van der Waals surface area (Å²) < 4.78 is 31.5. The minimum atomic E-state index is -0.640. The molecule has 1 heterocycles. The van der Waals surface area contributed by atoms with Crippen LogP contribution in [0.25, 0.3) is 22.6 Å². The molecule has 3 aromatic rings. The molecule has 0 bridgehead atoms. The molecule has 0 radical (unpaired) electrons. The van der Waals surface area contributed by atoms with Crippen LogP contribution in [0.4, 0.5) is 8.78 Å². The number of aromatic nitrogens is 1. The molecule has 0 amide bonds. The second kappa shape index (κ2) is 4.65. The molecule has 3 rings (SSSR count). The van der Waals surface area contributed by atoms with E-state index in [-0.39, 0.29) is 0 Å². The van der Waals surface area contributed by atoms with Crippen molar-refractivity contribution >= 4 is 0 Å². The molecule has 2 nitrogen and oxygen atoms in total. The Bertz CT molecular complexity index is 687. The van der Waals surface area contributed by atoms with Gasteiger partial charge in [-0.3, -0.25) is 0 Å². The number of hydrogen-bond acceptors (Lipinski definition) is 2. The largest absolute Gasteiger partial charge is 0.356 e.